The summed E-state index contributed by atoms with van der Waals surface area (Å²) in [5, 5.41) is 6.60. The van der Waals surface area contributed by atoms with Crippen LogP contribution in [0.2, 0.25) is 0 Å². The number of carbonyl (C=O) groups excluding carboxylic acids is 2. The Hall–Kier alpha value is -3.82. The van der Waals surface area contributed by atoms with Gasteiger partial charge in [-0.1, -0.05) is 25.5 Å². The SMILES string of the molecule is CCC[C@H](Oc1cc(C)c(-n2cc(C(F)(F)F)cn2)c(C)c1)c1ccc(C(=O)NCCC(=O)OCC)cc1. The number of benzene rings is 2. The molecule has 38 heavy (non-hydrogen) atoms. The average Bonchev–Trinajstić information content (AvgIpc) is 3.34. The van der Waals surface area contributed by atoms with Gasteiger partial charge in [-0.3, -0.25) is 9.59 Å². The highest BCUT2D eigenvalue weighted by Crippen LogP contribution is 2.33. The largest absolute Gasteiger partial charge is 0.486 e. The Labute approximate surface area is 219 Å². The van der Waals surface area contributed by atoms with E-state index in [2.05, 4.69) is 10.4 Å². The summed E-state index contributed by atoms with van der Waals surface area (Å²) in [5.74, 6) is -0.0639. The normalized spacial score (nSPS) is 12.2. The van der Waals surface area contributed by atoms with Gasteiger partial charge < -0.3 is 14.8 Å². The molecule has 10 heteroatoms. The molecular formula is C28H32F3N3O4. The molecule has 0 saturated carbocycles. The van der Waals surface area contributed by atoms with E-state index in [-0.39, 0.29) is 30.9 Å². The minimum atomic E-state index is -4.46. The summed E-state index contributed by atoms with van der Waals surface area (Å²) in [4.78, 5) is 23.8. The van der Waals surface area contributed by atoms with Gasteiger partial charge in [0.25, 0.3) is 5.91 Å². The zero-order valence-corrected chi connectivity index (χ0v) is 21.9. The Bertz CT molecular complexity index is 1230. The van der Waals surface area contributed by atoms with Crippen molar-refractivity contribution in [3.05, 3.63) is 76.6 Å². The lowest BCUT2D eigenvalue weighted by Crippen LogP contribution is -2.26. The molecule has 0 aliphatic rings. The second-order valence-electron chi connectivity index (χ2n) is 8.91. The summed E-state index contributed by atoms with van der Waals surface area (Å²) in [6, 6.07) is 10.6. The van der Waals surface area contributed by atoms with Crippen molar-refractivity contribution in [2.45, 2.75) is 59.2 Å². The maximum atomic E-state index is 13.0. The Balaban J connectivity index is 1.72. The number of esters is 1. The molecule has 3 rings (SSSR count). The first-order valence-electron chi connectivity index (χ1n) is 12.5. The predicted octanol–water partition coefficient (Wildman–Crippen LogP) is 6.11. The van der Waals surface area contributed by atoms with Crippen LogP contribution in [0, 0.1) is 13.8 Å². The van der Waals surface area contributed by atoms with Crippen LogP contribution < -0.4 is 10.1 Å². The third kappa shape index (κ3) is 7.36. The number of rotatable bonds is 11. The van der Waals surface area contributed by atoms with Gasteiger partial charge in [0.05, 0.1) is 30.5 Å². The number of aryl methyl sites for hydroxylation is 2. The molecule has 7 nitrogen and oxygen atoms in total. The average molecular weight is 532 g/mol. The number of nitrogens with one attached hydrogen (secondary N) is 1. The van der Waals surface area contributed by atoms with E-state index in [0.717, 1.165) is 41.9 Å². The monoisotopic (exact) mass is 531 g/mol. The van der Waals surface area contributed by atoms with Gasteiger partial charge in [0.2, 0.25) is 0 Å². The van der Waals surface area contributed by atoms with Crippen LogP contribution in [0.3, 0.4) is 0 Å². The van der Waals surface area contributed by atoms with Crippen LogP contribution in [0.25, 0.3) is 5.69 Å². The number of ether oxygens (including phenoxy) is 2. The van der Waals surface area contributed by atoms with Crippen molar-refractivity contribution in [1.82, 2.24) is 15.1 Å². The van der Waals surface area contributed by atoms with Crippen LogP contribution in [0.15, 0.2) is 48.8 Å². The highest BCUT2D eigenvalue weighted by Gasteiger charge is 2.32. The molecule has 0 bridgehead atoms. The summed E-state index contributed by atoms with van der Waals surface area (Å²) in [6.07, 6.45) is -1.29. The fraction of sp³-hybridized carbons (Fsp3) is 0.393. The Morgan fingerprint density at radius 2 is 1.74 bits per heavy atom. The molecule has 2 aromatic carbocycles. The molecule has 0 fully saturated rings. The van der Waals surface area contributed by atoms with E-state index in [0.29, 0.717) is 23.6 Å². The van der Waals surface area contributed by atoms with Crippen LogP contribution in [0.4, 0.5) is 13.2 Å². The van der Waals surface area contributed by atoms with E-state index in [9.17, 15) is 22.8 Å². The van der Waals surface area contributed by atoms with Crippen LogP contribution in [0.5, 0.6) is 5.75 Å². The number of alkyl halides is 3. The van der Waals surface area contributed by atoms with Gasteiger partial charge in [-0.25, -0.2) is 4.68 Å². The standard InChI is InChI=1S/C28H32F3N3O4/c1-5-7-24(20-8-10-21(11-9-20)27(36)32-13-12-25(35)37-6-2)38-23-14-18(3)26(19(4)15-23)34-17-22(16-33-34)28(29,30)31/h8-11,14-17,24H,5-7,12-13H2,1-4H3,(H,32,36)/t24-/m0/s1. The lowest BCUT2D eigenvalue weighted by atomic mass is 10.0. The van der Waals surface area contributed by atoms with Gasteiger partial charge in [0, 0.05) is 18.3 Å². The maximum absolute atomic E-state index is 13.0. The zero-order chi connectivity index (χ0) is 27.9. The fourth-order valence-electron chi connectivity index (χ4n) is 4.12. The minimum absolute atomic E-state index is 0.103. The van der Waals surface area contributed by atoms with Crippen LogP contribution in [0.1, 0.15) is 71.8 Å². The van der Waals surface area contributed by atoms with E-state index in [1.165, 1.54) is 4.68 Å². The number of hydrogen-bond acceptors (Lipinski definition) is 5. The molecule has 0 aliphatic carbocycles. The van der Waals surface area contributed by atoms with Gasteiger partial charge in [-0.15, -0.1) is 0 Å². The number of nitrogens with zero attached hydrogens (tertiary/aromatic N) is 2. The third-order valence-corrected chi connectivity index (χ3v) is 5.90. The molecule has 204 valence electrons. The highest BCUT2D eigenvalue weighted by atomic mass is 19.4. The van der Waals surface area contributed by atoms with Crippen molar-refractivity contribution in [1.29, 1.82) is 0 Å². The van der Waals surface area contributed by atoms with Gasteiger partial charge in [0.1, 0.15) is 11.9 Å². The lowest BCUT2D eigenvalue weighted by Gasteiger charge is -2.21. The fourth-order valence-corrected chi connectivity index (χ4v) is 4.12. The van der Waals surface area contributed by atoms with Gasteiger partial charge >= 0.3 is 12.1 Å². The topological polar surface area (TPSA) is 82.5 Å². The van der Waals surface area contributed by atoms with Crippen LogP contribution in [-0.4, -0.2) is 34.8 Å². The molecule has 1 aromatic heterocycles. The predicted molar refractivity (Wildman–Crippen MR) is 136 cm³/mol. The first-order valence-corrected chi connectivity index (χ1v) is 12.5. The van der Waals surface area contributed by atoms with Crippen molar-refractivity contribution >= 4 is 11.9 Å². The molecule has 0 radical (unpaired) electrons. The molecular weight excluding hydrogens is 499 g/mol. The summed E-state index contributed by atoms with van der Waals surface area (Å²) in [7, 11) is 0. The van der Waals surface area contributed by atoms with Gasteiger partial charge in [0.15, 0.2) is 0 Å². The van der Waals surface area contributed by atoms with E-state index in [4.69, 9.17) is 9.47 Å². The Morgan fingerprint density at radius 3 is 2.29 bits per heavy atom. The van der Waals surface area contributed by atoms with Crippen molar-refractivity contribution in [3.63, 3.8) is 0 Å². The molecule has 1 heterocycles. The number of carbonyl (C=O) groups is 2. The number of hydrogen-bond donors (Lipinski definition) is 1. The van der Waals surface area contributed by atoms with E-state index < -0.39 is 11.7 Å². The number of aromatic nitrogens is 2. The maximum Gasteiger partial charge on any atom is 0.419 e. The van der Waals surface area contributed by atoms with Gasteiger partial charge in [-0.05, 0) is 68.1 Å². The molecule has 1 atom stereocenters. The zero-order valence-electron chi connectivity index (χ0n) is 21.9. The summed E-state index contributed by atoms with van der Waals surface area (Å²) in [6.45, 7) is 7.85. The minimum Gasteiger partial charge on any atom is -0.486 e. The second kappa shape index (κ2) is 12.6. The Kier molecular flexibility index (Phi) is 9.55. The summed E-state index contributed by atoms with van der Waals surface area (Å²) >= 11 is 0. The van der Waals surface area contributed by atoms with Crippen molar-refractivity contribution in [2.75, 3.05) is 13.2 Å². The quantitative estimate of drug-likeness (QED) is 0.302. The molecule has 0 saturated heterocycles. The van der Waals surface area contributed by atoms with E-state index >= 15 is 0 Å². The summed E-state index contributed by atoms with van der Waals surface area (Å²) in [5.41, 5.74) is 2.55. The highest BCUT2D eigenvalue weighted by molar-refractivity contribution is 5.94. The van der Waals surface area contributed by atoms with Crippen LogP contribution in [-0.2, 0) is 15.7 Å². The lowest BCUT2D eigenvalue weighted by molar-refractivity contribution is -0.143. The summed E-state index contributed by atoms with van der Waals surface area (Å²) < 4.78 is 51.5. The van der Waals surface area contributed by atoms with Crippen molar-refractivity contribution < 1.29 is 32.2 Å². The van der Waals surface area contributed by atoms with Gasteiger partial charge in [-0.2, -0.15) is 18.3 Å². The van der Waals surface area contributed by atoms with E-state index in [1.54, 1.807) is 45.0 Å². The smallest absolute Gasteiger partial charge is 0.419 e. The molecule has 1 amide bonds. The third-order valence-electron chi connectivity index (χ3n) is 5.90. The van der Waals surface area contributed by atoms with Crippen LogP contribution >= 0.6 is 0 Å². The number of amides is 1. The molecule has 3 aromatic rings. The second-order valence-corrected chi connectivity index (χ2v) is 8.91. The first kappa shape index (κ1) is 28.7. The van der Waals surface area contributed by atoms with Crippen molar-refractivity contribution in [3.8, 4) is 11.4 Å². The number of halogens is 3. The molecule has 0 unspecified atom stereocenters. The molecule has 1 N–H and O–H groups in total. The van der Waals surface area contributed by atoms with Crippen molar-refractivity contribution in [2.24, 2.45) is 0 Å². The Morgan fingerprint density at radius 1 is 1.08 bits per heavy atom. The molecule has 0 spiro atoms. The molecule has 0 aliphatic heterocycles. The first-order chi connectivity index (χ1) is 18.0. The van der Waals surface area contributed by atoms with E-state index in [1.807, 2.05) is 19.1 Å².